The van der Waals surface area contributed by atoms with Crippen molar-refractivity contribution in [2.45, 2.75) is 46.1 Å². The smallest absolute Gasteiger partial charge is 0.407 e. The Morgan fingerprint density at radius 1 is 1.00 bits per heavy atom. The van der Waals surface area contributed by atoms with E-state index in [-0.39, 0.29) is 30.9 Å². The maximum atomic E-state index is 13.2. The number of benzene rings is 2. The van der Waals surface area contributed by atoms with E-state index in [0.29, 0.717) is 13.0 Å². The van der Waals surface area contributed by atoms with Crippen molar-refractivity contribution < 1.29 is 24.2 Å². The van der Waals surface area contributed by atoms with Gasteiger partial charge in [-0.3, -0.25) is 9.59 Å². The molecule has 0 aromatic heterocycles. The second-order valence-corrected chi connectivity index (χ2v) is 9.27. The highest BCUT2D eigenvalue weighted by molar-refractivity contribution is 5.86. The number of ether oxygens (including phenoxy) is 1. The van der Waals surface area contributed by atoms with Crippen LogP contribution >= 0.6 is 0 Å². The molecule has 0 saturated carbocycles. The fourth-order valence-corrected chi connectivity index (χ4v) is 4.48. The maximum absolute atomic E-state index is 13.2. The summed E-state index contributed by atoms with van der Waals surface area (Å²) in [6.07, 6.45) is -0.218. The SMILES string of the molecule is CCN(CC(C)C(=O)O)C(=O)[C@H](CC(C)C)NC(=O)OCC1c2ccccc2-c2ccccc21. The first kappa shape index (κ1) is 25.3. The van der Waals surface area contributed by atoms with Gasteiger partial charge in [-0.1, -0.05) is 69.3 Å². The Bertz CT molecular complexity index is 990. The van der Waals surface area contributed by atoms with Crippen LogP contribution < -0.4 is 5.32 Å². The zero-order valence-corrected chi connectivity index (χ0v) is 20.3. The molecule has 0 heterocycles. The Labute approximate surface area is 201 Å². The molecule has 0 spiro atoms. The molecule has 2 amide bonds. The van der Waals surface area contributed by atoms with Crippen molar-refractivity contribution in [2.75, 3.05) is 19.7 Å². The zero-order chi connectivity index (χ0) is 24.8. The first-order chi connectivity index (χ1) is 16.2. The van der Waals surface area contributed by atoms with Gasteiger partial charge in [0.05, 0.1) is 5.92 Å². The molecule has 2 aromatic carbocycles. The number of nitrogens with zero attached hydrogens (tertiary/aromatic N) is 1. The van der Waals surface area contributed by atoms with Crippen LogP contribution in [0.1, 0.15) is 51.2 Å². The van der Waals surface area contributed by atoms with E-state index in [9.17, 15) is 19.5 Å². The summed E-state index contributed by atoms with van der Waals surface area (Å²) in [7, 11) is 0. The van der Waals surface area contributed by atoms with Crippen LogP contribution in [0.3, 0.4) is 0 Å². The molecule has 1 aliphatic rings. The molecular weight excluding hydrogens is 432 g/mol. The van der Waals surface area contributed by atoms with Gasteiger partial charge in [0, 0.05) is 19.0 Å². The normalized spacial score (nSPS) is 14.1. The predicted molar refractivity (Wildman–Crippen MR) is 131 cm³/mol. The molecule has 182 valence electrons. The van der Waals surface area contributed by atoms with Crippen molar-refractivity contribution in [1.82, 2.24) is 10.2 Å². The third-order valence-electron chi connectivity index (χ3n) is 6.25. The average Bonchev–Trinajstić information content (AvgIpc) is 3.13. The summed E-state index contributed by atoms with van der Waals surface area (Å²) in [5, 5.41) is 12.0. The minimum atomic E-state index is -0.962. The number of carbonyl (C=O) groups excluding carboxylic acids is 2. The van der Waals surface area contributed by atoms with Gasteiger partial charge in [0.2, 0.25) is 5.91 Å². The van der Waals surface area contributed by atoms with E-state index < -0.39 is 24.0 Å². The first-order valence-corrected chi connectivity index (χ1v) is 11.9. The van der Waals surface area contributed by atoms with E-state index in [2.05, 4.69) is 29.6 Å². The molecule has 2 N–H and O–H groups in total. The predicted octanol–water partition coefficient (Wildman–Crippen LogP) is 4.51. The monoisotopic (exact) mass is 466 g/mol. The van der Waals surface area contributed by atoms with Gasteiger partial charge in [0.15, 0.2) is 0 Å². The number of rotatable bonds is 10. The molecule has 34 heavy (non-hydrogen) atoms. The Morgan fingerprint density at radius 3 is 2.06 bits per heavy atom. The van der Waals surface area contributed by atoms with Crippen molar-refractivity contribution in [3.05, 3.63) is 59.7 Å². The summed E-state index contributed by atoms with van der Waals surface area (Å²) in [4.78, 5) is 38.7. The van der Waals surface area contributed by atoms with Crippen molar-refractivity contribution in [1.29, 1.82) is 0 Å². The lowest BCUT2D eigenvalue weighted by Gasteiger charge is -2.29. The number of likely N-dealkylation sites (N-methyl/N-ethyl adjacent to an activating group) is 1. The molecule has 0 radical (unpaired) electrons. The Morgan fingerprint density at radius 2 is 1.56 bits per heavy atom. The number of carboxylic acids is 1. The van der Waals surface area contributed by atoms with Crippen LogP contribution in [-0.4, -0.2) is 53.7 Å². The van der Waals surface area contributed by atoms with Crippen molar-refractivity contribution in [2.24, 2.45) is 11.8 Å². The highest BCUT2D eigenvalue weighted by Gasteiger charge is 2.31. The fraction of sp³-hybridized carbons (Fsp3) is 0.444. The van der Waals surface area contributed by atoms with Gasteiger partial charge in [0.1, 0.15) is 12.6 Å². The Kier molecular flexibility index (Phi) is 8.31. The standard InChI is InChI=1S/C27H34N2O5/c1-5-29(15-18(4)26(31)32)25(30)24(14-17(2)3)28-27(33)34-16-23-21-12-8-6-10-19(21)20-11-7-9-13-22(20)23/h6-13,17-18,23-24H,5,14-16H2,1-4H3,(H,28,33)(H,31,32)/t18?,24-/m0/s1. The summed E-state index contributed by atoms with van der Waals surface area (Å²) < 4.78 is 5.62. The summed E-state index contributed by atoms with van der Waals surface area (Å²) in [6, 6.07) is 15.4. The van der Waals surface area contributed by atoms with E-state index in [1.54, 1.807) is 13.8 Å². The molecule has 2 aromatic rings. The number of nitrogens with one attached hydrogen (secondary N) is 1. The first-order valence-electron chi connectivity index (χ1n) is 11.9. The van der Waals surface area contributed by atoms with Gasteiger partial charge >= 0.3 is 12.1 Å². The number of hydrogen-bond acceptors (Lipinski definition) is 4. The second-order valence-electron chi connectivity index (χ2n) is 9.27. The average molecular weight is 467 g/mol. The summed E-state index contributed by atoms with van der Waals surface area (Å²) in [6.45, 7) is 7.91. The van der Waals surface area contributed by atoms with Crippen LogP contribution in [0, 0.1) is 11.8 Å². The van der Waals surface area contributed by atoms with E-state index in [4.69, 9.17) is 4.74 Å². The largest absolute Gasteiger partial charge is 0.481 e. The molecule has 1 unspecified atom stereocenters. The molecule has 3 rings (SSSR count). The van der Waals surface area contributed by atoms with Crippen molar-refractivity contribution in [3.63, 3.8) is 0 Å². The van der Waals surface area contributed by atoms with E-state index in [1.807, 2.05) is 38.1 Å². The van der Waals surface area contributed by atoms with Crippen LogP contribution in [0.2, 0.25) is 0 Å². The topological polar surface area (TPSA) is 95.9 Å². The van der Waals surface area contributed by atoms with Crippen LogP contribution in [0.15, 0.2) is 48.5 Å². The van der Waals surface area contributed by atoms with Gasteiger partial charge in [0.25, 0.3) is 0 Å². The fourth-order valence-electron chi connectivity index (χ4n) is 4.48. The number of aliphatic carboxylic acids is 1. The molecule has 7 nitrogen and oxygen atoms in total. The molecular formula is C27H34N2O5. The van der Waals surface area contributed by atoms with Gasteiger partial charge in [-0.2, -0.15) is 0 Å². The van der Waals surface area contributed by atoms with Crippen LogP contribution in [0.25, 0.3) is 11.1 Å². The summed E-state index contributed by atoms with van der Waals surface area (Å²) in [5.41, 5.74) is 4.52. The quantitative estimate of drug-likeness (QED) is 0.537. The number of alkyl carbamates (subject to hydrolysis) is 1. The number of fused-ring (bicyclic) bond motifs is 3. The van der Waals surface area contributed by atoms with Crippen molar-refractivity contribution in [3.8, 4) is 11.1 Å². The third-order valence-corrected chi connectivity index (χ3v) is 6.25. The molecule has 0 aliphatic heterocycles. The van der Waals surface area contributed by atoms with Crippen LogP contribution in [0.5, 0.6) is 0 Å². The summed E-state index contributed by atoms with van der Waals surface area (Å²) >= 11 is 0. The van der Waals surface area contributed by atoms with Crippen molar-refractivity contribution >= 4 is 18.0 Å². The second kappa shape index (κ2) is 11.2. The number of hydrogen-bond donors (Lipinski definition) is 2. The Hall–Kier alpha value is -3.35. The third kappa shape index (κ3) is 5.76. The lowest BCUT2D eigenvalue weighted by molar-refractivity contribution is -0.143. The molecule has 2 atom stereocenters. The minimum Gasteiger partial charge on any atom is -0.481 e. The highest BCUT2D eigenvalue weighted by Crippen LogP contribution is 2.44. The van der Waals surface area contributed by atoms with Gasteiger partial charge in [-0.15, -0.1) is 0 Å². The molecule has 7 heteroatoms. The minimum absolute atomic E-state index is 0.0686. The molecule has 1 aliphatic carbocycles. The van der Waals surface area contributed by atoms with E-state index in [0.717, 1.165) is 22.3 Å². The number of carboxylic acid groups (broad SMARTS) is 1. The molecule has 0 bridgehead atoms. The lowest BCUT2D eigenvalue weighted by Crippen LogP contribution is -2.50. The zero-order valence-electron chi connectivity index (χ0n) is 20.3. The van der Waals surface area contributed by atoms with Gasteiger partial charge in [-0.05, 0) is 41.5 Å². The molecule has 0 fully saturated rings. The van der Waals surface area contributed by atoms with Crippen LogP contribution in [0.4, 0.5) is 4.79 Å². The number of amides is 2. The maximum Gasteiger partial charge on any atom is 0.407 e. The van der Waals surface area contributed by atoms with E-state index in [1.165, 1.54) is 4.90 Å². The van der Waals surface area contributed by atoms with Crippen LogP contribution in [-0.2, 0) is 14.3 Å². The highest BCUT2D eigenvalue weighted by atomic mass is 16.5. The Balaban J connectivity index is 1.68. The van der Waals surface area contributed by atoms with Gasteiger partial charge < -0.3 is 20.1 Å². The van der Waals surface area contributed by atoms with Gasteiger partial charge in [-0.25, -0.2) is 4.79 Å². The molecule has 0 saturated heterocycles. The summed E-state index contributed by atoms with van der Waals surface area (Å²) in [5.74, 6) is -1.87. The van der Waals surface area contributed by atoms with E-state index >= 15 is 0 Å². The lowest BCUT2D eigenvalue weighted by atomic mass is 9.98. The number of carbonyl (C=O) groups is 3.